The standard InChI is InChI=1S/C22H25NO4/c1-22(2,23)14-16-12-8-9-13-17(16)19(21(25)27-4)18(20(24)26-3)15-10-6-5-7-11-15/h5-13H,14,23H2,1-4H3/b19-18+. The summed E-state index contributed by atoms with van der Waals surface area (Å²) in [6.45, 7) is 3.81. The molecule has 0 spiro atoms. The highest BCUT2D eigenvalue weighted by atomic mass is 16.5. The van der Waals surface area contributed by atoms with Gasteiger partial charge in [0, 0.05) is 5.54 Å². The minimum Gasteiger partial charge on any atom is -0.465 e. The Labute approximate surface area is 159 Å². The van der Waals surface area contributed by atoms with Gasteiger partial charge in [0.1, 0.15) is 0 Å². The number of ether oxygens (including phenoxy) is 2. The average molecular weight is 367 g/mol. The highest BCUT2D eigenvalue weighted by Gasteiger charge is 2.28. The van der Waals surface area contributed by atoms with Gasteiger partial charge in [0.25, 0.3) is 0 Å². The first-order valence-corrected chi connectivity index (χ1v) is 8.62. The molecule has 0 amide bonds. The van der Waals surface area contributed by atoms with E-state index in [1.165, 1.54) is 14.2 Å². The van der Waals surface area contributed by atoms with Crippen LogP contribution in [-0.2, 0) is 25.5 Å². The Morgan fingerprint density at radius 1 is 0.852 bits per heavy atom. The summed E-state index contributed by atoms with van der Waals surface area (Å²) >= 11 is 0. The van der Waals surface area contributed by atoms with Gasteiger partial charge < -0.3 is 15.2 Å². The fourth-order valence-corrected chi connectivity index (χ4v) is 2.93. The van der Waals surface area contributed by atoms with E-state index in [9.17, 15) is 9.59 Å². The number of rotatable bonds is 6. The van der Waals surface area contributed by atoms with Gasteiger partial charge in [0.05, 0.1) is 25.4 Å². The maximum atomic E-state index is 12.7. The van der Waals surface area contributed by atoms with Crippen molar-refractivity contribution in [3.63, 3.8) is 0 Å². The summed E-state index contributed by atoms with van der Waals surface area (Å²) in [5.41, 5.74) is 8.05. The Morgan fingerprint density at radius 3 is 1.93 bits per heavy atom. The minimum absolute atomic E-state index is 0.159. The summed E-state index contributed by atoms with van der Waals surface area (Å²) in [6, 6.07) is 16.3. The lowest BCUT2D eigenvalue weighted by Crippen LogP contribution is -2.34. The summed E-state index contributed by atoms with van der Waals surface area (Å²) in [6.07, 6.45) is 0.521. The van der Waals surface area contributed by atoms with E-state index in [-0.39, 0.29) is 11.1 Å². The number of carbonyl (C=O) groups is 2. The van der Waals surface area contributed by atoms with Crippen LogP contribution in [0.25, 0.3) is 11.1 Å². The number of carbonyl (C=O) groups excluding carboxylic acids is 2. The normalized spacial score (nSPS) is 12.2. The summed E-state index contributed by atoms with van der Waals surface area (Å²) in [5, 5.41) is 0. The third-order valence-electron chi connectivity index (χ3n) is 4.02. The van der Waals surface area contributed by atoms with Gasteiger partial charge in [-0.2, -0.15) is 0 Å². The summed E-state index contributed by atoms with van der Waals surface area (Å²) in [7, 11) is 2.58. The quantitative estimate of drug-likeness (QED) is 0.482. The molecular formula is C22H25NO4. The molecule has 0 aliphatic heterocycles. The highest BCUT2D eigenvalue weighted by molar-refractivity contribution is 6.37. The number of methoxy groups -OCH3 is 2. The number of benzene rings is 2. The molecule has 0 saturated heterocycles. The summed E-state index contributed by atoms with van der Waals surface area (Å²) < 4.78 is 9.99. The van der Waals surface area contributed by atoms with Crippen molar-refractivity contribution in [1.82, 2.24) is 0 Å². The van der Waals surface area contributed by atoms with E-state index >= 15 is 0 Å². The Bertz CT molecular complexity index is 848. The number of hydrogen-bond acceptors (Lipinski definition) is 5. The smallest absolute Gasteiger partial charge is 0.339 e. The van der Waals surface area contributed by atoms with Crippen molar-refractivity contribution in [2.75, 3.05) is 14.2 Å². The van der Waals surface area contributed by atoms with Gasteiger partial charge in [-0.15, -0.1) is 0 Å². The van der Waals surface area contributed by atoms with Crippen molar-refractivity contribution in [2.45, 2.75) is 25.8 Å². The molecular weight excluding hydrogens is 342 g/mol. The van der Waals surface area contributed by atoms with Crippen LogP contribution in [-0.4, -0.2) is 31.7 Å². The van der Waals surface area contributed by atoms with Crippen LogP contribution in [0.15, 0.2) is 54.6 Å². The molecule has 5 heteroatoms. The van der Waals surface area contributed by atoms with Crippen molar-refractivity contribution in [3.8, 4) is 0 Å². The van der Waals surface area contributed by atoms with Crippen LogP contribution in [0, 0.1) is 0 Å². The van der Waals surface area contributed by atoms with Gasteiger partial charge in [-0.1, -0.05) is 54.6 Å². The van der Waals surface area contributed by atoms with Crippen molar-refractivity contribution >= 4 is 23.1 Å². The van der Waals surface area contributed by atoms with Gasteiger partial charge in [-0.3, -0.25) is 0 Å². The van der Waals surface area contributed by atoms with Crippen LogP contribution in [0.5, 0.6) is 0 Å². The molecule has 2 rings (SSSR count). The first kappa shape index (κ1) is 20.4. The second-order valence-corrected chi connectivity index (χ2v) is 6.92. The molecule has 142 valence electrons. The van der Waals surface area contributed by atoms with Gasteiger partial charge in [0.2, 0.25) is 0 Å². The molecule has 0 fully saturated rings. The van der Waals surface area contributed by atoms with Crippen LogP contribution >= 0.6 is 0 Å². The van der Waals surface area contributed by atoms with Crippen LogP contribution in [0.3, 0.4) is 0 Å². The van der Waals surface area contributed by atoms with Crippen LogP contribution in [0.4, 0.5) is 0 Å². The molecule has 0 atom stereocenters. The number of esters is 2. The molecule has 27 heavy (non-hydrogen) atoms. The Balaban J connectivity index is 2.83. The molecule has 2 aromatic carbocycles. The van der Waals surface area contributed by atoms with Gasteiger partial charge in [-0.05, 0) is 37.0 Å². The second kappa shape index (κ2) is 8.64. The highest BCUT2D eigenvalue weighted by Crippen LogP contribution is 2.32. The maximum absolute atomic E-state index is 12.7. The van der Waals surface area contributed by atoms with E-state index in [1.54, 1.807) is 30.3 Å². The molecule has 2 N–H and O–H groups in total. The van der Waals surface area contributed by atoms with E-state index in [0.717, 1.165) is 5.56 Å². The third kappa shape index (κ3) is 5.05. The molecule has 0 aromatic heterocycles. The zero-order valence-electron chi connectivity index (χ0n) is 16.1. The third-order valence-corrected chi connectivity index (χ3v) is 4.02. The van der Waals surface area contributed by atoms with Gasteiger partial charge in [-0.25, -0.2) is 9.59 Å². The predicted molar refractivity (Wildman–Crippen MR) is 106 cm³/mol. The first-order chi connectivity index (χ1) is 12.8. The predicted octanol–water partition coefficient (Wildman–Crippen LogP) is 3.22. The fraction of sp³-hybridized carbons (Fsp3) is 0.273. The molecule has 0 unspecified atom stereocenters. The van der Waals surface area contributed by atoms with E-state index < -0.39 is 17.5 Å². The molecule has 0 aliphatic carbocycles. The minimum atomic E-state index is -0.610. The van der Waals surface area contributed by atoms with Crippen LogP contribution < -0.4 is 5.73 Å². The van der Waals surface area contributed by atoms with Crippen molar-refractivity contribution in [1.29, 1.82) is 0 Å². The average Bonchev–Trinajstić information content (AvgIpc) is 2.65. The van der Waals surface area contributed by atoms with Gasteiger partial charge >= 0.3 is 11.9 Å². The molecule has 0 saturated carbocycles. The zero-order valence-corrected chi connectivity index (χ0v) is 16.1. The monoisotopic (exact) mass is 367 g/mol. The summed E-state index contributed by atoms with van der Waals surface area (Å²) in [5.74, 6) is -1.22. The Kier molecular flexibility index (Phi) is 6.53. The Morgan fingerprint density at radius 2 is 1.37 bits per heavy atom. The van der Waals surface area contributed by atoms with Crippen molar-refractivity contribution in [2.24, 2.45) is 5.73 Å². The molecule has 0 radical (unpaired) electrons. The lowest BCUT2D eigenvalue weighted by molar-refractivity contribution is -0.135. The first-order valence-electron chi connectivity index (χ1n) is 8.62. The zero-order chi connectivity index (χ0) is 20.0. The molecule has 0 aliphatic rings. The van der Waals surface area contributed by atoms with E-state index in [0.29, 0.717) is 17.5 Å². The molecule has 0 bridgehead atoms. The number of nitrogens with two attached hydrogens (primary N) is 1. The maximum Gasteiger partial charge on any atom is 0.339 e. The lowest BCUT2D eigenvalue weighted by Gasteiger charge is -2.22. The molecule has 0 heterocycles. The van der Waals surface area contributed by atoms with Crippen LogP contribution in [0.1, 0.15) is 30.5 Å². The van der Waals surface area contributed by atoms with E-state index in [4.69, 9.17) is 15.2 Å². The van der Waals surface area contributed by atoms with Crippen molar-refractivity contribution in [3.05, 3.63) is 71.3 Å². The SMILES string of the molecule is COC(=O)/C(=C(/C(=O)OC)c1ccccc1CC(C)(C)N)c1ccccc1. The second-order valence-electron chi connectivity index (χ2n) is 6.92. The topological polar surface area (TPSA) is 78.6 Å². The van der Waals surface area contributed by atoms with Crippen molar-refractivity contribution < 1.29 is 19.1 Å². The largest absolute Gasteiger partial charge is 0.465 e. The molecule has 2 aromatic rings. The van der Waals surface area contributed by atoms with Gasteiger partial charge in [0.15, 0.2) is 0 Å². The molecule has 5 nitrogen and oxygen atoms in total. The lowest BCUT2D eigenvalue weighted by atomic mass is 9.87. The van der Waals surface area contributed by atoms with E-state index in [1.807, 2.05) is 38.1 Å². The Hall–Kier alpha value is -2.92. The van der Waals surface area contributed by atoms with Crippen LogP contribution in [0.2, 0.25) is 0 Å². The summed E-state index contributed by atoms with van der Waals surface area (Å²) in [4.78, 5) is 25.4. The fourth-order valence-electron chi connectivity index (χ4n) is 2.93. The number of hydrogen-bond donors (Lipinski definition) is 1. The van der Waals surface area contributed by atoms with E-state index in [2.05, 4.69) is 0 Å².